The molecule has 0 amide bonds. The molecule has 3 aliphatic rings. The van der Waals surface area contributed by atoms with Gasteiger partial charge >= 0.3 is 0 Å². The van der Waals surface area contributed by atoms with E-state index in [9.17, 15) is 5.11 Å². The monoisotopic (exact) mass is 266 g/mol. The Hall–Kier alpha value is -0.0800. The van der Waals surface area contributed by atoms with Crippen molar-refractivity contribution in [3.8, 4) is 0 Å². The van der Waals surface area contributed by atoms with E-state index in [1.165, 1.54) is 32.1 Å². The zero-order chi connectivity index (χ0) is 13.5. The largest absolute Gasteiger partial charge is 0.390 e. The van der Waals surface area contributed by atoms with Crippen LogP contribution in [0.4, 0.5) is 0 Å². The number of rotatable bonds is 2. The highest BCUT2D eigenvalue weighted by molar-refractivity contribution is 5.03. The highest BCUT2D eigenvalue weighted by Crippen LogP contribution is 2.52. The van der Waals surface area contributed by atoms with Crippen molar-refractivity contribution in [3.05, 3.63) is 0 Å². The van der Waals surface area contributed by atoms with Gasteiger partial charge in [-0.1, -0.05) is 33.1 Å². The van der Waals surface area contributed by atoms with Crippen molar-refractivity contribution in [3.63, 3.8) is 0 Å². The molecule has 110 valence electrons. The summed E-state index contributed by atoms with van der Waals surface area (Å²) in [6.45, 7) is 5.45. The van der Waals surface area contributed by atoms with Gasteiger partial charge in [-0.2, -0.15) is 0 Å². The maximum Gasteiger partial charge on any atom is 0.0686 e. The Bertz CT molecular complexity index is 306. The summed E-state index contributed by atoms with van der Waals surface area (Å²) in [5, 5.41) is 10.9. The predicted octanol–water partition coefficient (Wildman–Crippen LogP) is 3.91. The molecule has 1 saturated heterocycles. The molecule has 3 fully saturated rings. The van der Waals surface area contributed by atoms with Crippen molar-refractivity contribution >= 4 is 0 Å². The molecule has 1 unspecified atom stereocenters. The molecular formula is C17H30O2. The molecule has 1 heterocycles. The minimum atomic E-state index is -0.358. The quantitative estimate of drug-likeness (QED) is 0.821. The van der Waals surface area contributed by atoms with Gasteiger partial charge in [0, 0.05) is 6.61 Å². The topological polar surface area (TPSA) is 29.5 Å². The van der Waals surface area contributed by atoms with Gasteiger partial charge in [0.25, 0.3) is 0 Å². The van der Waals surface area contributed by atoms with Crippen LogP contribution in [-0.4, -0.2) is 22.9 Å². The zero-order valence-electron chi connectivity index (χ0n) is 12.7. The molecule has 1 atom stereocenters. The Morgan fingerprint density at radius 2 is 1.74 bits per heavy atom. The second-order valence-corrected chi connectivity index (χ2v) is 7.80. The van der Waals surface area contributed by atoms with Crippen LogP contribution in [0.25, 0.3) is 0 Å². The van der Waals surface area contributed by atoms with Gasteiger partial charge in [0.1, 0.15) is 0 Å². The third-order valence-electron chi connectivity index (χ3n) is 6.19. The van der Waals surface area contributed by atoms with Crippen LogP contribution in [0, 0.1) is 17.8 Å². The van der Waals surface area contributed by atoms with Gasteiger partial charge in [-0.15, -0.1) is 0 Å². The highest BCUT2D eigenvalue weighted by Gasteiger charge is 2.52. The Labute approximate surface area is 117 Å². The molecule has 19 heavy (non-hydrogen) atoms. The summed E-state index contributed by atoms with van der Waals surface area (Å²) in [5.41, 5.74) is -0.219. The van der Waals surface area contributed by atoms with E-state index >= 15 is 0 Å². The summed E-state index contributed by atoms with van der Waals surface area (Å²) in [5.74, 6) is 1.97. The average Bonchev–Trinajstić information content (AvgIpc) is 2.35. The lowest BCUT2D eigenvalue weighted by Crippen LogP contribution is -2.56. The SMILES string of the molecule is CC(C)C1CC(O)(C2CCOC3(CCCCC3)C2)C1. The maximum atomic E-state index is 10.9. The van der Waals surface area contributed by atoms with E-state index in [2.05, 4.69) is 13.8 Å². The summed E-state index contributed by atoms with van der Waals surface area (Å²) < 4.78 is 6.16. The first-order chi connectivity index (χ1) is 9.03. The number of ether oxygens (including phenoxy) is 1. The summed E-state index contributed by atoms with van der Waals surface area (Å²) >= 11 is 0. The van der Waals surface area contributed by atoms with Crippen LogP contribution in [0.1, 0.15) is 71.6 Å². The fourth-order valence-corrected chi connectivity index (χ4v) is 4.68. The molecule has 2 aliphatic carbocycles. The van der Waals surface area contributed by atoms with Crippen molar-refractivity contribution in [2.75, 3.05) is 6.61 Å². The van der Waals surface area contributed by atoms with E-state index in [0.717, 1.165) is 44.1 Å². The molecule has 0 aromatic heterocycles. The molecule has 1 aliphatic heterocycles. The lowest BCUT2D eigenvalue weighted by Gasteiger charge is -2.55. The van der Waals surface area contributed by atoms with E-state index in [1.54, 1.807) is 0 Å². The van der Waals surface area contributed by atoms with Gasteiger partial charge in [-0.05, 0) is 56.3 Å². The normalized spacial score (nSPS) is 42.3. The van der Waals surface area contributed by atoms with Crippen molar-refractivity contribution < 1.29 is 9.84 Å². The number of hydrogen-bond acceptors (Lipinski definition) is 2. The molecule has 0 bridgehead atoms. The molecule has 0 aromatic rings. The first-order valence-corrected chi connectivity index (χ1v) is 8.39. The van der Waals surface area contributed by atoms with Crippen molar-refractivity contribution in [2.45, 2.75) is 82.8 Å². The van der Waals surface area contributed by atoms with Crippen LogP contribution in [0.5, 0.6) is 0 Å². The Balaban J connectivity index is 1.62. The minimum Gasteiger partial charge on any atom is -0.390 e. The third-order valence-corrected chi connectivity index (χ3v) is 6.19. The predicted molar refractivity (Wildman–Crippen MR) is 77.0 cm³/mol. The van der Waals surface area contributed by atoms with E-state index in [4.69, 9.17) is 4.74 Å². The van der Waals surface area contributed by atoms with E-state index in [0.29, 0.717) is 5.92 Å². The Morgan fingerprint density at radius 3 is 2.37 bits per heavy atom. The van der Waals surface area contributed by atoms with Crippen LogP contribution in [0.15, 0.2) is 0 Å². The standard InChI is InChI=1S/C17H30O2/c1-13(2)14-10-17(18,11-14)15-6-9-19-16(12-15)7-4-3-5-8-16/h13-15,18H,3-12H2,1-2H3. The van der Waals surface area contributed by atoms with E-state index < -0.39 is 0 Å². The molecule has 1 N–H and O–H groups in total. The minimum absolute atomic E-state index is 0.139. The van der Waals surface area contributed by atoms with Crippen LogP contribution >= 0.6 is 0 Å². The fraction of sp³-hybridized carbons (Fsp3) is 1.00. The van der Waals surface area contributed by atoms with Gasteiger partial charge in [0.05, 0.1) is 11.2 Å². The lowest BCUT2D eigenvalue weighted by molar-refractivity contribution is -0.192. The van der Waals surface area contributed by atoms with Crippen molar-refractivity contribution in [2.24, 2.45) is 17.8 Å². The zero-order valence-corrected chi connectivity index (χ0v) is 12.7. The van der Waals surface area contributed by atoms with Gasteiger partial charge < -0.3 is 9.84 Å². The Morgan fingerprint density at radius 1 is 1.05 bits per heavy atom. The van der Waals surface area contributed by atoms with Gasteiger partial charge in [0.15, 0.2) is 0 Å². The van der Waals surface area contributed by atoms with Crippen LogP contribution < -0.4 is 0 Å². The summed E-state index contributed by atoms with van der Waals surface area (Å²) in [7, 11) is 0. The second-order valence-electron chi connectivity index (χ2n) is 7.80. The summed E-state index contributed by atoms with van der Waals surface area (Å²) in [4.78, 5) is 0. The van der Waals surface area contributed by atoms with Crippen LogP contribution in [-0.2, 0) is 4.74 Å². The summed E-state index contributed by atoms with van der Waals surface area (Å²) in [6, 6.07) is 0. The first kappa shape index (κ1) is 13.9. The van der Waals surface area contributed by atoms with E-state index in [-0.39, 0.29) is 11.2 Å². The molecule has 1 spiro atoms. The Kier molecular flexibility index (Phi) is 3.68. The van der Waals surface area contributed by atoms with Gasteiger partial charge in [-0.25, -0.2) is 0 Å². The first-order valence-electron chi connectivity index (χ1n) is 8.39. The molecule has 3 rings (SSSR count). The highest BCUT2D eigenvalue weighted by atomic mass is 16.5. The average molecular weight is 266 g/mol. The third kappa shape index (κ3) is 2.58. The molecule has 2 heteroatoms. The van der Waals surface area contributed by atoms with Crippen LogP contribution in [0.3, 0.4) is 0 Å². The smallest absolute Gasteiger partial charge is 0.0686 e. The number of hydrogen-bond donors (Lipinski definition) is 1. The van der Waals surface area contributed by atoms with Crippen molar-refractivity contribution in [1.82, 2.24) is 0 Å². The summed E-state index contributed by atoms with van der Waals surface area (Å²) in [6.07, 6.45) is 10.7. The van der Waals surface area contributed by atoms with Crippen LogP contribution in [0.2, 0.25) is 0 Å². The fourth-order valence-electron chi connectivity index (χ4n) is 4.68. The van der Waals surface area contributed by atoms with E-state index in [1.807, 2.05) is 0 Å². The molecule has 2 nitrogen and oxygen atoms in total. The van der Waals surface area contributed by atoms with Crippen molar-refractivity contribution in [1.29, 1.82) is 0 Å². The maximum absolute atomic E-state index is 10.9. The number of aliphatic hydroxyl groups is 1. The molecule has 0 radical (unpaired) electrons. The second kappa shape index (κ2) is 5.04. The van der Waals surface area contributed by atoms with Gasteiger partial charge in [-0.3, -0.25) is 0 Å². The molecule has 2 saturated carbocycles. The van der Waals surface area contributed by atoms with Gasteiger partial charge in [0.2, 0.25) is 0 Å². The molecular weight excluding hydrogens is 236 g/mol. The molecule has 0 aromatic carbocycles. The lowest BCUT2D eigenvalue weighted by atomic mass is 9.57.